The fourth-order valence-corrected chi connectivity index (χ4v) is 6.22. The highest BCUT2D eigenvalue weighted by molar-refractivity contribution is 7.93. The highest BCUT2D eigenvalue weighted by Crippen LogP contribution is 2.47. The summed E-state index contributed by atoms with van der Waals surface area (Å²) in [5.74, 6) is -0.480. The molecule has 4 rings (SSSR count). The summed E-state index contributed by atoms with van der Waals surface area (Å²) >= 11 is 0. The van der Waals surface area contributed by atoms with Crippen molar-refractivity contribution >= 4 is 21.7 Å². The van der Waals surface area contributed by atoms with E-state index in [2.05, 4.69) is 10.3 Å². The quantitative estimate of drug-likeness (QED) is 0.478. The number of nitrogens with zero attached hydrogens (tertiary/aromatic N) is 4. The summed E-state index contributed by atoms with van der Waals surface area (Å²) < 4.78 is 36.5. The van der Waals surface area contributed by atoms with Crippen molar-refractivity contribution < 1.29 is 27.5 Å². The monoisotopic (exact) mass is 420 g/mol. The van der Waals surface area contributed by atoms with Gasteiger partial charge >= 0.3 is 5.97 Å². The van der Waals surface area contributed by atoms with Crippen LogP contribution in [0.1, 0.15) is 18.9 Å². The molecule has 2 aliphatic heterocycles. The van der Waals surface area contributed by atoms with Gasteiger partial charge in [0.2, 0.25) is 5.91 Å². The molecule has 29 heavy (non-hydrogen) atoms. The highest BCUT2D eigenvalue weighted by atomic mass is 32.2. The van der Waals surface area contributed by atoms with E-state index in [0.717, 1.165) is 4.90 Å². The van der Waals surface area contributed by atoms with Gasteiger partial charge in [0.25, 0.3) is 0 Å². The lowest BCUT2D eigenvalue weighted by Crippen LogP contribution is -2.58. The molecule has 0 N–H and O–H groups in total. The number of carbonyl (C=O) groups excluding carboxylic acids is 2. The number of β-lactam (4-membered cyclic amide) rings is 1. The molecule has 0 saturated carbocycles. The molecule has 0 radical (unpaired) electrons. The molecule has 0 bridgehead atoms. The topological polar surface area (TPSA) is 121 Å². The van der Waals surface area contributed by atoms with Crippen LogP contribution in [-0.2, 0) is 37.3 Å². The van der Waals surface area contributed by atoms with Crippen LogP contribution in [0.25, 0.3) is 0 Å². The van der Waals surface area contributed by atoms with Crippen molar-refractivity contribution in [2.24, 2.45) is 0 Å². The molecular formula is C18H20N4O6S. The van der Waals surface area contributed by atoms with E-state index in [9.17, 15) is 18.0 Å². The number of aromatic nitrogens is 3. The van der Waals surface area contributed by atoms with Crippen LogP contribution in [0.3, 0.4) is 0 Å². The van der Waals surface area contributed by atoms with Crippen LogP contribution >= 0.6 is 0 Å². The molecule has 2 fully saturated rings. The molecule has 0 aliphatic carbocycles. The van der Waals surface area contributed by atoms with Gasteiger partial charge in [-0.1, -0.05) is 17.3 Å². The first kappa shape index (κ1) is 19.4. The molecule has 1 amide bonds. The second kappa shape index (κ2) is 6.83. The Morgan fingerprint density at radius 1 is 1.31 bits per heavy atom. The summed E-state index contributed by atoms with van der Waals surface area (Å²) in [6, 6.07) is 5.69. The van der Waals surface area contributed by atoms with Crippen LogP contribution < -0.4 is 4.74 Å². The number of esters is 1. The third-order valence-corrected chi connectivity index (χ3v) is 8.29. The molecular weight excluding hydrogens is 400 g/mol. The number of methoxy groups -OCH3 is 1. The van der Waals surface area contributed by atoms with Gasteiger partial charge in [-0.05, 0) is 24.6 Å². The van der Waals surface area contributed by atoms with Gasteiger partial charge < -0.3 is 14.4 Å². The largest absolute Gasteiger partial charge is 0.497 e. The van der Waals surface area contributed by atoms with Crippen molar-refractivity contribution in [1.29, 1.82) is 0 Å². The number of hydrogen-bond acceptors (Lipinski definition) is 8. The number of amides is 1. The molecule has 3 atom stereocenters. The third kappa shape index (κ3) is 2.96. The zero-order valence-electron chi connectivity index (χ0n) is 15.9. The van der Waals surface area contributed by atoms with Gasteiger partial charge in [-0.15, -0.1) is 5.10 Å². The lowest BCUT2D eigenvalue weighted by Gasteiger charge is -2.36. The SMILES string of the molecule is COc1ccc(COC(=O)[C@@H]2N3C(=O)C[C@@H]3S(=O)(=O)[C@@]2(C)Cn2ccnn2)cc1. The Bertz CT molecular complexity index is 1040. The van der Waals surface area contributed by atoms with Gasteiger partial charge in [-0.3, -0.25) is 9.48 Å². The predicted octanol–water partition coefficient (Wildman–Crippen LogP) is 0.144. The third-order valence-electron chi connectivity index (χ3n) is 5.52. The predicted molar refractivity (Wildman–Crippen MR) is 99.2 cm³/mol. The number of fused-ring (bicyclic) bond motifs is 1. The maximum Gasteiger partial charge on any atom is 0.330 e. The van der Waals surface area contributed by atoms with Crippen molar-refractivity contribution in [1.82, 2.24) is 19.9 Å². The average Bonchev–Trinajstić information content (AvgIpc) is 3.24. The maximum atomic E-state index is 13.1. The van der Waals surface area contributed by atoms with Crippen molar-refractivity contribution in [3.8, 4) is 5.75 Å². The molecule has 11 heteroatoms. The van der Waals surface area contributed by atoms with Crippen molar-refractivity contribution in [3.63, 3.8) is 0 Å². The Labute approximate surface area is 167 Å². The minimum Gasteiger partial charge on any atom is -0.497 e. The number of benzene rings is 1. The normalized spacial score (nSPS) is 27.2. The van der Waals surface area contributed by atoms with E-state index in [1.807, 2.05) is 0 Å². The fraction of sp³-hybridized carbons (Fsp3) is 0.444. The molecule has 0 unspecified atom stereocenters. The van der Waals surface area contributed by atoms with Gasteiger partial charge in [0, 0.05) is 6.20 Å². The van der Waals surface area contributed by atoms with E-state index in [-0.39, 0.29) is 25.5 Å². The van der Waals surface area contributed by atoms with Gasteiger partial charge in [0.05, 0.1) is 26.3 Å². The van der Waals surface area contributed by atoms with E-state index in [4.69, 9.17) is 9.47 Å². The smallest absolute Gasteiger partial charge is 0.330 e. The second-order valence-corrected chi connectivity index (χ2v) is 9.84. The van der Waals surface area contributed by atoms with Crippen molar-refractivity contribution in [3.05, 3.63) is 42.2 Å². The molecule has 2 saturated heterocycles. The molecule has 2 aliphatic rings. The van der Waals surface area contributed by atoms with Crippen molar-refractivity contribution in [2.75, 3.05) is 7.11 Å². The number of hydrogen-bond donors (Lipinski definition) is 0. The van der Waals surface area contributed by atoms with E-state index in [1.54, 1.807) is 31.4 Å². The van der Waals surface area contributed by atoms with Gasteiger partial charge in [-0.2, -0.15) is 0 Å². The summed E-state index contributed by atoms with van der Waals surface area (Å²) in [6.07, 6.45) is 2.80. The Hall–Kier alpha value is -2.95. The van der Waals surface area contributed by atoms with E-state index < -0.39 is 32.0 Å². The number of ether oxygens (including phenoxy) is 2. The van der Waals surface area contributed by atoms with Crippen LogP contribution in [0, 0.1) is 0 Å². The Morgan fingerprint density at radius 2 is 2.03 bits per heavy atom. The summed E-state index contributed by atoms with van der Waals surface area (Å²) in [6.45, 7) is 1.29. The van der Waals surface area contributed by atoms with Crippen LogP contribution in [0.5, 0.6) is 5.75 Å². The summed E-state index contributed by atoms with van der Waals surface area (Å²) in [4.78, 5) is 26.2. The second-order valence-electron chi connectivity index (χ2n) is 7.28. The lowest BCUT2D eigenvalue weighted by atomic mass is 9.96. The first-order valence-electron chi connectivity index (χ1n) is 8.96. The molecule has 2 aromatic rings. The van der Waals surface area contributed by atoms with Crippen LogP contribution in [-0.4, -0.2) is 63.5 Å². The summed E-state index contributed by atoms with van der Waals surface area (Å²) in [5.41, 5.74) is 0.712. The minimum absolute atomic E-state index is 0.0501. The summed E-state index contributed by atoms with van der Waals surface area (Å²) in [5, 5.41) is 6.49. The van der Waals surface area contributed by atoms with Crippen LogP contribution in [0.4, 0.5) is 0 Å². The standard InChI is InChI=1S/C18H20N4O6S/c1-18(11-21-8-7-19-20-21)16(22-14(23)9-15(22)29(18,25)26)17(24)28-10-12-3-5-13(27-2)6-4-12/h3-8,15-16H,9-11H2,1-2H3/t15-,16-,18-/m0/s1. The van der Waals surface area contributed by atoms with E-state index >= 15 is 0 Å². The fourth-order valence-electron chi connectivity index (χ4n) is 3.86. The van der Waals surface area contributed by atoms with Gasteiger partial charge in [0.15, 0.2) is 15.9 Å². The Kier molecular flexibility index (Phi) is 4.56. The minimum atomic E-state index is -3.82. The van der Waals surface area contributed by atoms with E-state index in [1.165, 1.54) is 24.0 Å². The molecule has 1 aromatic heterocycles. The van der Waals surface area contributed by atoms with Gasteiger partial charge in [-0.25, -0.2) is 13.2 Å². The highest BCUT2D eigenvalue weighted by Gasteiger charge is 2.70. The molecule has 3 heterocycles. The van der Waals surface area contributed by atoms with Crippen LogP contribution in [0.2, 0.25) is 0 Å². The average molecular weight is 420 g/mol. The maximum absolute atomic E-state index is 13.1. The Balaban J connectivity index is 1.59. The zero-order chi connectivity index (χ0) is 20.8. The van der Waals surface area contributed by atoms with Crippen molar-refractivity contribution in [2.45, 2.75) is 42.7 Å². The first-order valence-corrected chi connectivity index (χ1v) is 10.5. The van der Waals surface area contributed by atoms with Gasteiger partial charge in [0.1, 0.15) is 22.5 Å². The lowest BCUT2D eigenvalue weighted by molar-refractivity contribution is -0.162. The molecule has 1 aromatic carbocycles. The molecule has 154 valence electrons. The van der Waals surface area contributed by atoms with E-state index in [0.29, 0.717) is 11.3 Å². The zero-order valence-corrected chi connectivity index (χ0v) is 16.7. The number of rotatable bonds is 6. The molecule has 0 spiro atoms. The first-order chi connectivity index (χ1) is 13.8. The number of sulfone groups is 1. The Morgan fingerprint density at radius 3 is 2.62 bits per heavy atom. The summed E-state index contributed by atoms with van der Waals surface area (Å²) in [7, 11) is -2.28. The number of carbonyl (C=O) groups is 2. The molecule has 10 nitrogen and oxygen atoms in total. The van der Waals surface area contributed by atoms with Crippen LogP contribution in [0.15, 0.2) is 36.7 Å².